The van der Waals surface area contributed by atoms with Gasteiger partial charge in [0.15, 0.2) is 35.1 Å². The van der Waals surface area contributed by atoms with Crippen LogP contribution < -0.4 is 28.4 Å². The molecule has 0 heterocycles. The summed E-state index contributed by atoms with van der Waals surface area (Å²) in [5.74, 6) is 2.18. The number of halogens is 4. The summed E-state index contributed by atoms with van der Waals surface area (Å²) < 4.78 is 168. The van der Waals surface area contributed by atoms with Crippen LogP contribution in [-0.2, 0) is 70.4 Å². The van der Waals surface area contributed by atoms with Gasteiger partial charge in [-0.05, 0) is 118 Å². The summed E-state index contributed by atoms with van der Waals surface area (Å²) in [6.45, 7) is 14.3. The highest BCUT2D eigenvalue weighted by atomic mass is 32.2. The summed E-state index contributed by atoms with van der Waals surface area (Å²) in [5.41, 5.74) is 0. The van der Waals surface area contributed by atoms with Gasteiger partial charge in [0.05, 0.1) is 66.3 Å². The molecular weight excluding hydrogens is 1270 g/mol. The van der Waals surface area contributed by atoms with Crippen LogP contribution in [0.15, 0.2) is 204 Å². The molecule has 498 valence electrons. The topological polar surface area (TPSA) is 220 Å². The van der Waals surface area contributed by atoms with Crippen molar-refractivity contribution >= 4 is 42.0 Å². The summed E-state index contributed by atoms with van der Waals surface area (Å²) in [6, 6.07) is 53.4. The van der Waals surface area contributed by atoms with Crippen LogP contribution in [0.2, 0.25) is 0 Å². The molecule has 0 aliphatic carbocycles. The predicted octanol–water partition coefficient (Wildman–Crippen LogP) is 12.4. The molecule has 0 unspecified atom stereocenters. The number of alkyl halides is 3. The molecule has 0 aromatic heterocycles. The molecule has 0 aliphatic rings. The van der Waals surface area contributed by atoms with E-state index in [1.54, 1.807) is 21.3 Å². The standard InChI is InChI=1S/C30H39O6S.C27H33O6S.C6H5FO3S.C2H3F3O3S/c1-4-31-16-19-34-25-10-7-13-28(22-25)37(29-14-8-11-26(23-29)35-20-17-32-5-2)30-15-9-12-27(24-30)36-21-18-33-6-3;1-28-13-16-31-22-7-4-10-25(19-22)34(26-11-5-8-23(20-26)32-17-14-29-2)27-12-6-9-24(21-27)33-18-15-30-3;7-5-1-3-6(4-2-5)11(8,9)10;3-2(4,5)1-9(6,7)8/h7-15,22-24H,4-6,16-21H2,1-3H3;4-12,19-21H,13-18H2,1-3H3;1-4H,(H,8,9,10);1H2,(H,6,7,8)/q2*+1;;. The van der Waals surface area contributed by atoms with E-state index in [1.165, 1.54) is 0 Å². The average Bonchev–Trinajstić information content (AvgIpc) is 0.903. The Kier molecular flexibility index (Phi) is 35.8. The molecule has 0 spiro atoms. The quantitative estimate of drug-likeness (QED) is 0.0163. The van der Waals surface area contributed by atoms with Crippen molar-refractivity contribution < 1.29 is 100 Å². The monoisotopic (exact) mass is 1350 g/mol. The second kappa shape index (κ2) is 42.5. The molecular formula is C65H80F4O18S4+2. The van der Waals surface area contributed by atoms with E-state index < -0.39 is 59.8 Å². The minimum absolute atomic E-state index is 0.307. The first kappa shape index (κ1) is 76.8. The SMILES string of the molecule is CCOCCOc1cccc([S+](c2cccc(OCCOCC)c2)c2cccc(OCCOCC)c2)c1.COCCOc1cccc([S+](c2cccc(OCCOC)c2)c2cccc(OCCOC)c2)c1.O=S(=O)(O)CC(F)(F)F.O=S(=O)(O)c1ccc(F)cc1. The number of rotatable bonds is 35. The largest absolute Gasteiger partial charge is 0.491 e. The number of benzene rings is 7. The van der Waals surface area contributed by atoms with Gasteiger partial charge in [0.25, 0.3) is 20.2 Å². The molecule has 0 bridgehead atoms. The smallest absolute Gasteiger partial charge is 0.405 e. The Hall–Kier alpha value is -6.66. The molecule has 7 aromatic carbocycles. The second-order valence-electron chi connectivity index (χ2n) is 18.4. The fourth-order valence-corrected chi connectivity index (χ4v) is 12.8. The van der Waals surface area contributed by atoms with Crippen LogP contribution in [0.1, 0.15) is 20.8 Å². The maximum Gasteiger partial charge on any atom is 0.405 e. The van der Waals surface area contributed by atoms with Crippen molar-refractivity contribution in [1.82, 2.24) is 0 Å². The van der Waals surface area contributed by atoms with Gasteiger partial charge >= 0.3 is 6.18 Å². The zero-order valence-electron chi connectivity index (χ0n) is 51.6. The van der Waals surface area contributed by atoms with E-state index in [9.17, 15) is 34.4 Å². The van der Waals surface area contributed by atoms with Gasteiger partial charge in [-0.3, -0.25) is 9.11 Å². The molecule has 2 N–H and O–H groups in total. The molecule has 26 heteroatoms. The summed E-state index contributed by atoms with van der Waals surface area (Å²) in [6.07, 6.45) is -4.85. The number of methoxy groups -OCH3 is 3. The average molecular weight is 1350 g/mol. The van der Waals surface area contributed by atoms with Gasteiger partial charge in [0, 0.05) is 77.5 Å². The first-order valence-corrected chi connectivity index (χ1v) is 34.0. The molecule has 7 aromatic rings. The van der Waals surface area contributed by atoms with Crippen molar-refractivity contribution in [3.8, 4) is 34.5 Å². The Morgan fingerprint density at radius 3 is 0.802 bits per heavy atom. The Morgan fingerprint density at radius 1 is 0.374 bits per heavy atom. The molecule has 7 rings (SSSR count). The fraction of sp³-hybridized carbons (Fsp3) is 0.354. The van der Waals surface area contributed by atoms with Gasteiger partial charge in [0.2, 0.25) is 0 Å². The third-order valence-corrected chi connectivity index (χ3v) is 17.4. The van der Waals surface area contributed by atoms with Crippen LogP contribution in [0.3, 0.4) is 0 Å². The number of hydrogen-bond donors (Lipinski definition) is 2. The van der Waals surface area contributed by atoms with Crippen molar-refractivity contribution in [2.75, 3.05) is 126 Å². The first-order valence-electron chi connectivity index (χ1n) is 28.5. The van der Waals surface area contributed by atoms with E-state index >= 15 is 0 Å². The molecule has 0 aliphatic heterocycles. The molecule has 0 fully saturated rings. The van der Waals surface area contributed by atoms with Gasteiger partial charge in [-0.25, -0.2) is 4.39 Å². The third-order valence-electron chi connectivity index (χ3n) is 11.5. The summed E-state index contributed by atoms with van der Waals surface area (Å²) >= 11 is 0. The summed E-state index contributed by atoms with van der Waals surface area (Å²) in [5, 5.41) is 0. The van der Waals surface area contributed by atoms with E-state index in [4.69, 9.17) is 65.9 Å². The van der Waals surface area contributed by atoms with Crippen molar-refractivity contribution in [3.63, 3.8) is 0 Å². The van der Waals surface area contributed by atoms with Crippen LogP contribution in [0.25, 0.3) is 0 Å². The summed E-state index contributed by atoms with van der Waals surface area (Å²) in [7, 11) is -4.90. The van der Waals surface area contributed by atoms with Crippen molar-refractivity contribution in [2.45, 2.75) is 61.2 Å². The zero-order valence-corrected chi connectivity index (χ0v) is 54.8. The van der Waals surface area contributed by atoms with Crippen molar-refractivity contribution in [2.24, 2.45) is 0 Å². The van der Waals surface area contributed by atoms with Crippen LogP contribution in [0.4, 0.5) is 17.6 Å². The Labute approximate surface area is 537 Å². The maximum atomic E-state index is 12.2. The lowest BCUT2D eigenvalue weighted by molar-refractivity contribution is -0.107. The summed E-state index contributed by atoms with van der Waals surface area (Å²) in [4.78, 5) is 6.54. The predicted molar refractivity (Wildman–Crippen MR) is 340 cm³/mol. The zero-order chi connectivity index (χ0) is 66.3. The van der Waals surface area contributed by atoms with E-state index in [-0.39, 0.29) is 4.90 Å². The minimum atomic E-state index is -4.91. The lowest BCUT2D eigenvalue weighted by Crippen LogP contribution is -2.21. The highest BCUT2D eigenvalue weighted by Gasteiger charge is 2.34. The third kappa shape index (κ3) is 31.5. The molecule has 0 saturated heterocycles. The molecule has 91 heavy (non-hydrogen) atoms. The van der Waals surface area contributed by atoms with Gasteiger partial charge in [0.1, 0.15) is 80.0 Å². The van der Waals surface area contributed by atoms with Crippen LogP contribution >= 0.6 is 0 Å². The highest BCUT2D eigenvalue weighted by molar-refractivity contribution is 7.97. The molecule has 0 atom stereocenters. The number of hydrogen-bond acceptors (Lipinski definition) is 16. The Bertz CT molecular complexity index is 3120. The van der Waals surface area contributed by atoms with E-state index in [2.05, 4.69) is 72.8 Å². The molecule has 18 nitrogen and oxygen atoms in total. The van der Waals surface area contributed by atoms with Crippen LogP contribution in [-0.4, -0.2) is 158 Å². The maximum absolute atomic E-state index is 12.2. The van der Waals surface area contributed by atoms with Crippen LogP contribution in [0, 0.1) is 5.82 Å². The number of ether oxygens (including phenoxy) is 12. The van der Waals surface area contributed by atoms with Gasteiger partial charge in [-0.2, -0.15) is 30.0 Å². The normalized spacial score (nSPS) is 11.3. The van der Waals surface area contributed by atoms with Gasteiger partial charge in [-0.15, -0.1) is 0 Å². The highest BCUT2D eigenvalue weighted by Crippen LogP contribution is 2.38. The van der Waals surface area contributed by atoms with Crippen molar-refractivity contribution in [1.29, 1.82) is 0 Å². The van der Waals surface area contributed by atoms with Crippen LogP contribution in [0.5, 0.6) is 34.5 Å². The van der Waals surface area contributed by atoms with Gasteiger partial charge in [-0.1, -0.05) is 36.4 Å². The van der Waals surface area contributed by atoms with E-state index in [0.717, 1.165) is 88.1 Å². The first-order chi connectivity index (χ1) is 43.7. The molecule has 0 saturated carbocycles. The van der Waals surface area contributed by atoms with Gasteiger partial charge < -0.3 is 56.8 Å². The molecule has 0 radical (unpaired) electrons. The lowest BCUT2D eigenvalue weighted by atomic mass is 10.3. The fourth-order valence-electron chi connectivity index (χ4n) is 7.59. The Morgan fingerprint density at radius 2 is 0.615 bits per heavy atom. The van der Waals surface area contributed by atoms with E-state index in [0.29, 0.717) is 99.1 Å². The van der Waals surface area contributed by atoms with E-state index in [1.807, 2.05) is 93.6 Å². The minimum Gasteiger partial charge on any atom is -0.491 e. The molecule has 0 amide bonds. The lowest BCUT2D eigenvalue weighted by Gasteiger charge is -2.13. The second-order valence-corrected chi connectivity index (χ2v) is 25.3. The van der Waals surface area contributed by atoms with Crippen molar-refractivity contribution in [3.05, 3.63) is 176 Å². The Balaban J connectivity index is 0.000000299.